The van der Waals surface area contributed by atoms with Crippen LogP contribution in [0.4, 0.5) is 0 Å². The molecular formula is C14H15BrN2OS. The number of H-pyrrole nitrogens is 1. The van der Waals surface area contributed by atoms with Crippen LogP contribution < -0.4 is 4.74 Å². The van der Waals surface area contributed by atoms with Crippen molar-refractivity contribution in [2.45, 2.75) is 19.8 Å². The maximum atomic E-state index is 5.36. The van der Waals surface area contributed by atoms with Crippen molar-refractivity contribution in [3.05, 3.63) is 39.1 Å². The Bertz CT molecular complexity index is 652. The maximum Gasteiger partial charge on any atom is 0.144 e. The molecule has 1 heterocycles. The molecule has 0 saturated carbocycles. The summed E-state index contributed by atoms with van der Waals surface area (Å²) < 4.78 is 6.78. The lowest BCUT2D eigenvalue weighted by atomic mass is 10.1. The Kier molecular flexibility index (Phi) is 4.37. The number of hydrogen-bond donors (Lipinski definition) is 1. The van der Waals surface area contributed by atoms with Crippen molar-refractivity contribution in [3.8, 4) is 17.1 Å². The molecule has 0 aliphatic heterocycles. The lowest BCUT2D eigenvalue weighted by molar-refractivity contribution is 0.416. The minimum atomic E-state index is 0.326. The van der Waals surface area contributed by atoms with Crippen molar-refractivity contribution in [1.29, 1.82) is 0 Å². The number of halogens is 1. The highest BCUT2D eigenvalue weighted by atomic mass is 79.9. The Labute approximate surface area is 126 Å². The van der Waals surface area contributed by atoms with Gasteiger partial charge in [-0.3, -0.25) is 0 Å². The molecule has 2 rings (SSSR count). The van der Waals surface area contributed by atoms with Crippen LogP contribution >= 0.6 is 28.1 Å². The van der Waals surface area contributed by atoms with E-state index in [-0.39, 0.29) is 0 Å². The van der Waals surface area contributed by atoms with Crippen molar-refractivity contribution in [2.24, 2.45) is 0 Å². The minimum Gasteiger partial charge on any atom is -0.496 e. The van der Waals surface area contributed by atoms with Crippen LogP contribution in [0.15, 0.2) is 28.7 Å². The molecule has 2 aromatic rings. The van der Waals surface area contributed by atoms with Crippen LogP contribution in [-0.2, 0) is 0 Å². The van der Waals surface area contributed by atoms with E-state index in [4.69, 9.17) is 17.0 Å². The van der Waals surface area contributed by atoms with Gasteiger partial charge in [-0.1, -0.05) is 38.2 Å². The largest absolute Gasteiger partial charge is 0.496 e. The molecular weight excluding hydrogens is 324 g/mol. The van der Waals surface area contributed by atoms with Gasteiger partial charge >= 0.3 is 0 Å². The second kappa shape index (κ2) is 5.84. The van der Waals surface area contributed by atoms with E-state index in [1.807, 2.05) is 24.3 Å². The number of aromatic nitrogens is 2. The van der Waals surface area contributed by atoms with Gasteiger partial charge in [-0.2, -0.15) is 0 Å². The number of hydrogen-bond acceptors (Lipinski definition) is 3. The lowest BCUT2D eigenvalue weighted by Gasteiger charge is -2.13. The molecule has 1 aromatic heterocycles. The number of benzene rings is 1. The van der Waals surface area contributed by atoms with E-state index in [0.29, 0.717) is 10.6 Å². The van der Waals surface area contributed by atoms with Gasteiger partial charge in [0.15, 0.2) is 0 Å². The molecule has 0 aliphatic carbocycles. The third-order valence-corrected chi connectivity index (χ3v) is 4.19. The van der Waals surface area contributed by atoms with E-state index in [1.54, 1.807) is 7.11 Å². The van der Waals surface area contributed by atoms with Gasteiger partial charge in [-0.25, -0.2) is 4.98 Å². The predicted octanol–water partition coefficient (Wildman–Crippen LogP) is 4.70. The first-order chi connectivity index (χ1) is 9.04. The lowest BCUT2D eigenvalue weighted by Crippen LogP contribution is -2.01. The van der Waals surface area contributed by atoms with E-state index >= 15 is 0 Å². The number of aromatic amines is 1. The van der Waals surface area contributed by atoms with E-state index in [1.165, 1.54) is 0 Å². The quantitative estimate of drug-likeness (QED) is 0.824. The summed E-state index contributed by atoms with van der Waals surface area (Å²) in [6.45, 7) is 4.22. The van der Waals surface area contributed by atoms with Gasteiger partial charge < -0.3 is 9.72 Å². The average Bonchev–Trinajstić information content (AvgIpc) is 2.41. The molecule has 1 aromatic carbocycles. The molecule has 0 fully saturated rings. The van der Waals surface area contributed by atoms with Gasteiger partial charge in [0.1, 0.15) is 16.2 Å². The molecule has 0 radical (unpaired) electrons. The highest BCUT2D eigenvalue weighted by Gasteiger charge is 2.13. The second-order valence-electron chi connectivity index (χ2n) is 4.47. The first kappa shape index (κ1) is 14.2. The summed E-state index contributed by atoms with van der Waals surface area (Å²) in [5.74, 6) is 1.83. The highest BCUT2D eigenvalue weighted by Crippen LogP contribution is 2.30. The van der Waals surface area contributed by atoms with Crippen molar-refractivity contribution < 1.29 is 4.74 Å². The van der Waals surface area contributed by atoms with Crippen molar-refractivity contribution in [2.75, 3.05) is 7.11 Å². The van der Waals surface area contributed by atoms with E-state index in [2.05, 4.69) is 39.7 Å². The van der Waals surface area contributed by atoms with Gasteiger partial charge in [-0.15, -0.1) is 0 Å². The topological polar surface area (TPSA) is 37.9 Å². The van der Waals surface area contributed by atoms with Crippen LogP contribution in [0.2, 0.25) is 0 Å². The van der Waals surface area contributed by atoms with Crippen molar-refractivity contribution in [3.63, 3.8) is 0 Å². The van der Waals surface area contributed by atoms with Crippen LogP contribution in [0.25, 0.3) is 11.4 Å². The predicted molar refractivity (Wildman–Crippen MR) is 83.2 cm³/mol. The Morgan fingerprint density at radius 2 is 2.00 bits per heavy atom. The smallest absolute Gasteiger partial charge is 0.144 e. The standard InChI is InChI=1S/C14H15BrN2OS/c1-8(2)12-11(15)14(19)17-13(16-12)9-6-4-5-7-10(9)18-3/h4-8H,1-3H3,(H,16,17,19). The maximum absolute atomic E-state index is 5.36. The zero-order valence-corrected chi connectivity index (χ0v) is 13.4. The van der Waals surface area contributed by atoms with Gasteiger partial charge in [0.25, 0.3) is 0 Å². The summed E-state index contributed by atoms with van der Waals surface area (Å²) >= 11 is 8.80. The minimum absolute atomic E-state index is 0.326. The molecule has 0 saturated heterocycles. The first-order valence-corrected chi connectivity index (χ1v) is 7.17. The van der Waals surface area contributed by atoms with E-state index < -0.39 is 0 Å². The van der Waals surface area contributed by atoms with Gasteiger partial charge in [0.2, 0.25) is 0 Å². The first-order valence-electron chi connectivity index (χ1n) is 5.97. The molecule has 0 aliphatic rings. The SMILES string of the molecule is COc1ccccc1-c1nc(=S)c(Br)c(C(C)C)[nH]1. The van der Waals surface area contributed by atoms with Crippen LogP contribution in [-0.4, -0.2) is 17.1 Å². The number of para-hydroxylation sites is 1. The number of nitrogens with one attached hydrogen (secondary N) is 1. The van der Waals surface area contributed by atoms with Gasteiger partial charge in [-0.05, 0) is 34.0 Å². The second-order valence-corrected chi connectivity index (χ2v) is 5.65. The third kappa shape index (κ3) is 2.87. The number of methoxy groups -OCH3 is 1. The fourth-order valence-corrected chi connectivity index (χ4v) is 2.69. The molecule has 0 atom stereocenters. The molecule has 100 valence electrons. The summed E-state index contributed by atoms with van der Waals surface area (Å²) in [5, 5.41) is 0. The average molecular weight is 339 g/mol. The Balaban J connectivity index is 2.67. The highest BCUT2D eigenvalue weighted by molar-refractivity contribution is 9.10. The monoisotopic (exact) mass is 338 g/mol. The Morgan fingerprint density at radius 3 is 2.63 bits per heavy atom. The summed E-state index contributed by atoms with van der Waals surface area (Å²) in [7, 11) is 1.65. The molecule has 0 bridgehead atoms. The molecule has 0 spiro atoms. The van der Waals surface area contributed by atoms with Crippen LogP contribution in [0, 0.1) is 4.64 Å². The fraction of sp³-hybridized carbons (Fsp3) is 0.286. The summed E-state index contributed by atoms with van der Waals surface area (Å²) in [6, 6.07) is 7.75. The van der Waals surface area contributed by atoms with Crippen LogP contribution in [0.1, 0.15) is 25.5 Å². The van der Waals surface area contributed by atoms with E-state index in [9.17, 15) is 0 Å². The fourth-order valence-electron chi connectivity index (χ4n) is 1.84. The molecule has 1 N–H and O–H groups in total. The number of rotatable bonds is 3. The van der Waals surface area contributed by atoms with E-state index in [0.717, 1.165) is 27.3 Å². The third-order valence-electron chi connectivity index (χ3n) is 2.83. The Hall–Kier alpha value is -1.20. The summed E-state index contributed by atoms with van der Waals surface area (Å²) in [4.78, 5) is 7.77. The molecule has 19 heavy (non-hydrogen) atoms. The molecule has 3 nitrogen and oxygen atoms in total. The Morgan fingerprint density at radius 1 is 1.32 bits per heavy atom. The summed E-state index contributed by atoms with van der Waals surface area (Å²) in [5.41, 5.74) is 1.95. The zero-order valence-electron chi connectivity index (χ0n) is 11.0. The van der Waals surface area contributed by atoms with Crippen molar-refractivity contribution >= 4 is 28.1 Å². The number of nitrogens with zero attached hydrogens (tertiary/aromatic N) is 1. The van der Waals surface area contributed by atoms with Gasteiger partial charge in [0.05, 0.1) is 17.1 Å². The zero-order chi connectivity index (χ0) is 14.0. The normalized spacial score (nSPS) is 10.8. The molecule has 0 unspecified atom stereocenters. The van der Waals surface area contributed by atoms with Gasteiger partial charge in [0, 0.05) is 5.69 Å². The summed E-state index contributed by atoms with van der Waals surface area (Å²) in [6.07, 6.45) is 0. The molecule has 5 heteroatoms. The van der Waals surface area contributed by atoms with Crippen LogP contribution in [0.5, 0.6) is 5.75 Å². The van der Waals surface area contributed by atoms with Crippen LogP contribution in [0.3, 0.4) is 0 Å². The number of ether oxygens (including phenoxy) is 1. The van der Waals surface area contributed by atoms with Crippen molar-refractivity contribution in [1.82, 2.24) is 9.97 Å². The molecule has 0 amide bonds.